The molecular weight excluding hydrogens is 294 g/mol. The minimum absolute atomic E-state index is 0.0167. The Bertz CT molecular complexity index is 560. The second-order valence-corrected chi connectivity index (χ2v) is 6.14. The van der Waals surface area contributed by atoms with E-state index in [9.17, 15) is 4.79 Å². The molecule has 0 fully saturated rings. The van der Waals surface area contributed by atoms with Gasteiger partial charge in [0.15, 0.2) is 0 Å². The molecule has 116 valence electrons. The predicted octanol–water partition coefficient (Wildman–Crippen LogP) is 3.81. The number of carbonyl (C=O) groups is 1. The molecule has 0 aliphatic rings. The maximum Gasteiger partial charge on any atom is 0.228 e. The van der Waals surface area contributed by atoms with Crippen LogP contribution in [0, 0.1) is 5.92 Å². The highest BCUT2D eigenvalue weighted by Crippen LogP contribution is 2.23. The smallest absolute Gasteiger partial charge is 0.228 e. The Morgan fingerprint density at radius 1 is 1.05 bits per heavy atom. The molecule has 1 unspecified atom stereocenters. The van der Waals surface area contributed by atoms with E-state index in [4.69, 9.17) is 5.11 Å². The Morgan fingerprint density at radius 2 is 1.68 bits per heavy atom. The molecule has 0 heterocycles. The maximum absolute atomic E-state index is 12.4. The molecule has 2 N–H and O–H groups in total. The largest absolute Gasteiger partial charge is 0.396 e. The number of aliphatic hydroxyl groups is 1. The minimum Gasteiger partial charge on any atom is -0.396 e. The number of rotatable bonds is 8. The van der Waals surface area contributed by atoms with Crippen LogP contribution in [-0.4, -0.2) is 23.4 Å². The second kappa shape index (κ2) is 9.28. The number of hydrogen-bond donors (Lipinski definition) is 2. The Balaban J connectivity index is 1.94. The van der Waals surface area contributed by atoms with E-state index >= 15 is 0 Å². The monoisotopic (exact) mass is 315 g/mol. The molecule has 2 aromatic rings. The molecule has 1 atom stereocenters. The van der Waals surface area contributed by atoms with Gasteiger partial charge in [-0.3, -0.25) is 4.79 Å². The van der Waals surface area contributed by atoms with Crippen molar-refractivity contribution < 1.29 is 9.90 Å². The van der Waals surface area contributed by atoms with Gasteiger partial charge in [-0.2, -0.15) is 0 Å². The van der Waals surface area contributed by atoms with E-state index in [0.717, 1.165) is 10.6 Å². The Labute approximate surface area is 135 Å². The van der Waals surface area contributed by atoms with E-state index in [-0.39, 0.29) is 18.4 Å². The minimum atomic E-state index is -0.113. The normalized spacial score (nSPS) is 11.9. The molecule has 0 spiro atoms. The van der Waals surface area contributed by atoms with Crippen LogP contribution < -0.4 is 5.32 Å². The Hall–Kier alpha value is -1.78. The number of amides is 1. The molecule has 1 amide bonds. The van der Waals surface area contributed by atoms with Gasteiger partial charge in [-0.05, 0) is 37.1 Å². The fourth-order valence-corrected chi connectivity index (χ4v) is 3.17. The van der Waals surface area contributed by atoms with Gasteiger partial charge >= 0.3 is 0 Å². The van der Waals surface area contributed by atoms with E-state index in [1.165, 1.54) is 0 Å². The van der Waals surface area contributed by atoms with Crippen molar-refractivity contribution in [1.29, 1.82) is 0 Å². The molecule has 22 heavy (non-hydrogen) atoms. The lowest BCUT2D eigenvalue weighted by atomic mass is 10.0. The van der Waals surface area contributed by atoms with E-state index in [1.54, 1.807) is 11.8 Å². The molecule has 0 radical (unpaired) electrons. The summed E-state index contributed by atoms with van der Waals surface area (Å²) in [6.07, 6.45) is 1.33. The van der Waals surface area contributed by atoms with Gasteiger partial charge in [-0.25, -0.2) is 0 Å². The summed E-state index contributed by atoms with van der Waals surface area (Å²) in [5.74, 6) is 0.614. The van der Waals surface area contributed by atoms with Crippen molar-refractivity contribution in [2.75, 3.05) is 17.7 Å². The summed E-state index contributed by atoms with van der Waals surface area (Å²) in [6, 6.07) is 19.5. The molecule has 2 aromatic carbocycles. The van der Waals surface area contributed by atoms with Crippen molar-refractivity contribution in [3.63, 3.8) is 0 Å². The highest BCUT2D eigenvalue weighted by molar-refractivity contribution is 7.99. The van der Waals surface area contributed by atoms with Crippen molar-refractivity contribution >= 4 is 23.4 Å². The summed E-state index contributed by atoms with van der Waals surface area (Å²) in [7, 11) is 0. The third-order valence-corrected chi connectivity index (χ3v) is 4.49. The number of para-hydroxylation sites is 1. The summed E-state index contributed by atoms with van der Waals surface area (Å²) in [5.41, 5.74) is 0.811. The Kier molecular flexibility index (Phi) is 7.00. The van der Waals surface area contributed by atoms with Crippen LogP contribution in [0.15, 0.2) is 65.6 Å². The van der Waals surface area contributed by atoms with Gasteiger partial charge in [-0.15, -0.1) is 11.8 Å². The van der Waals surface area contributed by atoms with E-state index in [0.29, 0.717) is 18.6 Å². The third kappa shape index (κ3) is 5.54. The fraction of sp³-hybridized carbons (Fsp3) is 0.278. The van der Waals surface area contributed by atoms with Gasteiger partial charge in [0.2, 0.25) is 5.91 Å². The van der Waals surface area contributed by atoms with E-state index in [1.807, 2.05) is 60.7 Å². The van der Waals surface area contributed by atoms with Crippen molar-refractivity contribution in [2.24, 2.45) is 5.92 Å². The molecule has 0 aliphatic heterocycles. The second-order valence-electron chi connectivity index (χ2n) is 5.04. The average Bonchev–Trinajstić information content (AvgIpc) is 2.56. The van der Waals surface area contributed by atoms with Gasteiger partial charge in [0.05, 0.1) is 0 Å². The predicted molar refractivity (Wildman–Crippen MR) is 92.0 cm³/mol. The molecule has 0 bridgehead atoms. The number of nitrogens with one attached hydrogen (secondary N) is 1. The van der Waals surface area contributed by atoms with Gasteiger partial charge in [-0.1, -0.05) is 36.4 Å². The summed E-state index contributed by atoms with van der Waals surface area (Å²) < 4.78 is 0. The lowest BCUT2D eigenvalue weighted by Crippen LogP contribution is -2.25. The van der Waals surface area contributed by atoms with Gasteiger partial charge in [0.25, 0.3) is 0 Å². The summed E-state index contributed by atoms with van der Waals surface area (Å²) in [5, 5.41) is 12.0. The van der Waals surface area contributed by atoms with Crippen LogP contribution in [-0.2, 0) is 4.79 Å². The first-order chi connectivity index (χ1) is 10.8. The highest BCUT2D eigenvalue weighted by Gasteiger charge is 2.18. The van der Waals surface area contributed by atoms with Crippen LogP contribution in [0.1, 0.15) is 12.8 Å². The standard InChI is InChI=1S/C18H21NO2S/c20-13-7-8-15(14-22-17-11-5-2-6-12-17)18(21)19-16-9-3-1-4-10-16/h1-6,9-12,15,20H,7-8,13-14H2,(H,19,21). The summed E-state index contributed by atoms with van der Waals surface area (Å²) in [4.78, 5) is 13.6. The van der Waals surface area contributed by atoms with E-state index < -0.39 is 0 Å². The Morgan fingerprint density at radius 3 is 2.32 bits per heavy atom. The SMILES string of the molecule is O=C(Nc1ccccc1)C(CCCO)CSc1ccccc1. The van der Waals surface area contributed by atoms with Crippen molar-refractivity contribution in [2.45, 2.75) is 17.7 Å². The first kappa shape index (κ1) is 16.6. The zero-order chi connectivity index (χ0) is 15.6. The molecule has 0 saturated carbocycles. The zero-order valence-corrected chi connectivity index (χ0v) is 13.3. The maximum atomic E-state index is 12.4. The first-order valence-corrected chi connectivity index (χ1v) is 8.43. The number of benzene rings is 2. The van der Waals surface area contributed by atoms with Gasteiger partial charge in [0, 0.05) is 28.9 Å². The molecule has 2 rings (SSSR count). The summed E-state index contributed by atoms with van der Waals surface area (Å²) >= 11 is 1.68. The first-order valence-electron chi connectivity index (χ1n) is 7.44. The van der Waals surface area contributed by atoms with Crippen molar-refractivity contribution in [3.05, 3.63) is 60.7 Å². The summed E-state index contributed by atoms with van der Waals surface area (Å²) in [6.45, 7) is 0.116. The molecular formula is C18H21NO2S. The van der Waals surface area contributed by atoms with Gasteiger partial charge in [0.1, 0.15) is 0 Å². The van der Waals surface area contributed by atoms with Crippen LogP contribution in [0.3, 0.4) is 0 Å². The average molecular weight is 315 g/mol. The number of anilines is 1. The fourth-order valence-electron chi connectivity index (χ4n) is 2.11. The third-order valence-electron chi connectivity index (χ3n) is 3.32. The van der Waals surface area contributed by atoms with Crippen molar-refractivity contribution in [1.82, 2.24) is 0 Å². The molecule has 0 saturated heterocycles. The van der Waals surface area contributed by atoms with Crippen LogP contribution in [0.2, 0.25) is 0 Å². The van der Waals surface area contributed by atoms with Crippen LogP contribution in [0.25, 0.3) is 0 Å². The lowest BCUT2D eigenvalue weighted by Gasteiger charge is -2.16. The van der Waals surface area contributed by atoms with Crippen LogP contribution in [0.4, 0.5) is 5.69 Å². The van der Waals surface area contributed by atoms with Crippen LogP contribution in [0.5, 0.6) is 0 Å². The lowest BCUT2D eigenvalue weighted by molar-refractivity contribution is -0.119. The molecule has 0 aromatic heterocycles. The topological polar surface area (TPSA) is 49.3 Å². The van der Waals surface area contributed by atoms with E-state index in [2.05, 4.69) is 5.32 Å². The molecule has 0 aliphatic carbocycles. The van der Waals surface area contributed by atoms with Gasteiger partial charge < -0.3 is 10.4 Å². The number of aliphatic hydroxyl groups excluding tert-OH is 1. The van der Waals surface area contributed by atoms with Crippen molar-refractivity contribution in [3.8, 4) is 0 Å². The highest BCUT2D eigenvalue weighted by atomic mass is 32.2. The number of carbonyl (C=O) groups excluding carboxylic acids is 1. The molecule has 4 heteroatoms. The van der Waals surface area contributed by atoms with Crippen LogP contribution >= 0.6 is 11.8 Å². The quantitative estimate of drug-likeness (QED) is 0.728. The number of hydrogen-bond acceptors (Lipinski definition) is 3. The molecule has 3 nitrogen and oxygen atoms in total. The number of thioether (sulfide) groups is 1. The zero-order valence-electron chi connectivity index (χ0n) is 12.4.